The standard InChI is InChI=1S/C11H17NO/c13-10-5-4-8-2-1-3-9-6-7-12(10)11(8)9/h8-9,11H,1-7H2/t8-,9+,11+/m0/s1. The Bertz CT molecular complexity index is 238. The predicted octanol–water partition coefficient (Wildman–Crippen LogP) is 1.80. The molecule has 0 aromatic rings. The maximum Gasteiger partial charge on any atom is 0.222 e. The summed E-state index contributed by atoms with van der Waals surface area (Å²) in [5, 5.41) is 0. The molecule has 1 saturated carbocycles. The molecule has 0 unspecified atom stereocenters. The second-order valence-corrected chi connectivity index (χ2v) is 4.86. The second kappa shape index (κ2) is 2.73. The normalized spacial score (nSPS) is 43.5. The first-order chi connectivity index (χ1) is 6.36. The van der Waals surface area contributed by atoms with Gasteiger partial charge in [0.05, 0.1) is 0 Å². The van der Waals surface area contributed by atoms with E-state index in [1.807, 2.05) is 0 Å². The minimum Gasteiger partial charge on any atom is -0.339 e. The molecule has 3 atom stereocenters. The smallest absolute Gasteiger partial charge is 0.222 e. The van der Waals surface area contributed by atoms with Crippen molar-refractivity contribution in [2.45, 2.75) is 44.6 Å². The molecular formula is C11H17NO. The number of carbonyl (C=O) groups excluding carboxylic acids is 1. The molecule has 13 heavy (non-hydrogen) atoms. The molecule has 2 saturated heterocycles. The van der Waals surface area contributed by atoms with Crippen LogP contribution in [-0.2, 0) is 4.79 Å². The number of nitrogens with zero attached hydrogens (tertiary/aromatic N) is 1. The van der Waals surface area contributed by atoms with Gasteiger partial charge in [0.25, 0.3) is 0 Å². The van der Waals surface area contributed by atoms with Crippen LogP contribution in [0.1, 0.15) is 38.5 Å². The number of piperidine rings is 1. The van der Waals surface area contributed by atoms with Crippen molar-refractivity contribution >= 4 is 5.91 Å². The Hall–Kier alpha value is -0.530. The van der Waals surface area contributed by atoms with E-state index in [9.17, 15) is 4.79 Å². The van der Waals surface area contributed by atoms with Crippen molar-refractivity contribution < 1.29 is 4.79 Å². The van der Waals surface area contributed by atoms with Crippen LogP contribution in [0.25, 0.3) is 0 Å². The zero-order valence-electron chi connectivity index (χ0n) is 8.04. The highest BCUT2D eigenvalue weighted by atomic mass is 16.2. The molecule has 3 fully saturated rings. The van der Waals surface area contributed by atoms with Crippen LogP contribution in [0.15, 0.2) is 0 Å². The SMILES string of the molecule is O=C1CC[C@@H]2CCC[C@@H]3CCN1[C@@H]32. The largest absolute Gasteiger partial charge is 0.339 e. The Morgan fingerprint density at radius 3 is 2.69 bits per heavy atom. The minimum atomic E-state index is 0.436. The number of amides is 1. The van der Waals surface area contributed by atoms with E-state index in [2.05, 4.69) is 4.90 Å². The van der Waals surface area contributed by atoms with Crippen LogP contribution in [0.3, 0.4) is 0 Å². The van der Waals surface area contributed by atoms with Gasteiger partial charge in [0, 0.05) is 19.0 Å². The third kappa shape index (κ3) is 1.04. The van der Waals surface area contributed by atoms with Crippen molar-refractivity contribution in [2.75, 3.05) is 6.54 Å². The van der Waals surface area contributed by atoms with Crippen molar-refractivity contribution in [3.63, 3.8) is 0 Å². The maximum absolute atomic E-state index is 11.6. The van der Waals surface area contributed by atoms with E-state index < -0.39 is 0 Å². The second-order valence-electron chi connectivity index (χ2n) is 4.86. The third-order valence-corrected chi connectivity index (χ3v) is 4.27. The summed E-state index contributed by atoms with van der Waals surface area (Å²) in [5.74, 6) is 2.16. The lowest BCUT2D eigenvalue weighted by atomic mass is 9.74. The van der Waals surface area contributed by atoms with Crippen LogP contribution in [0.5, 0.6) is 0 Å². The predicted molar refractivity (Wildman–Crippen MR) is 50.2 cm³/mol. The molecule has 1 amide bonds. The summed E-state index contributed by atoms with van der Waals surface area (Å²) in [6.45, 7) is 1.06. The van der Waals surface area contributed by atoms with Crippen molar-refractivity contribution in [3.05, 3.63) is 0 Å². The Kier molecular flexibility index (Phi) is 1.64. The number of hydrogen-bond donors (Lipinski definition) is 0. The van der Waals surface area contributed by atoms with Crippen LogP contribution >= 0.6 is 0 Å². The van der Waals surface area contributed by atoms with Crippen LogP contribution in [-0.4, -0.2) is 23.4 Å². The first-order valence-corrected chi connectivity index (χ1v) is 5.66. The fourth-order valence-electron chi connectivity index (χ4n) is 3.71. The van der Waals surface area contributed by atoms with E-state index in [-0.39, 0.29) is 0 Å². The zero-order valence-corrected chi connectivity index (χ0v) is 8.04. The highest BCUT2D eigenvalue weighted by molar-refractivity contribution is 5.77. The lowest BCUT2D eigenvalue weighted by Crippen LogP contribution is -2.48. The van der Waals surface area contributed by atoms with Gasteiger partial charge in [-0.2, -0.15) is 0 Å². The Morgan fingerprint density at radius 2 is 1.85 bits per heavy atom. The molecule has 2 heteroatoms. The molecule has 3 aliphatic rings. The average Bonchev–Trinajstić information content (AvgIpc) is 2.57. The Labute approximate surface area is 79.3 Å². The summed E-state index contributed by atoms with van der Waals surface area (Å²) in [6.07, 6.45) is 7.46. The average molecular weight is 179 g/mol. The van der Waals surface area contributed by atoms with Gasteiger partial charge in [-0.15, -0.1) is 0 Å². The van der Waals surface area contributed by atoms with E-state index in [4.69, 9.17) is 0 Å². The van der Waals surface area contributed by atoms with Crippen LogP contribution in [0.4, 0.5) is 0 Å². The summed E-state index contributed by atoms with van der Waals surface area (Å²) in [7, 11) is 0. The number of rotatable bonds is 0. The van der Waals surface area contributed by atoms with E-state index >= 15 is 0 Å². The van der Waals surface area contributed by atoms with E-state index in [0.29, 0.717) is 11.9 Å². The minimum absolute atomic E-state index is 0.436. The number of hydrogen-bond acceptors (Lipinski definition) is 1. The van der Waals surface area contributed by atoms with Crippen molar-refractivity contribution in [1.82, 2.24) is 4.90 Å². The van der Waals surface area contributed by atoms with Crippen molar-refractivity contribution in [3.8, 4) is 0 Å². The molecule has 2 heterocycles. The van der Waals surface area contributed by atoms with Gasteiger partial charge in [-0.05, 0) is 37.5 Å². The van der Waals surface area contributed by atoms with Crippen molar-refractivity contribution in [2.24, 2.45) is 11.8 Å². The molecule has 0 bridgehead atoms. The fraction of sp³-hybridized carbons (Fsp3) is 0.909. The van der Waals surface area contributed by atoms with Gasteiger partial charge >= 0.3 is 0 Å². The highest BCUT2D eigenvalue weighted by Gasteiger charge is 2.45. The lowest BCUT2D eigenvalue weighted by molar-refractivity contribution is -0.138. The Balaban J connectivity index is 1.89. The van der Waals surface area contributed by atoms with Crippen LogP contribution in [0.2, 0.25) is 0 Å². The molecule has 0 N–H and O–H groups in total. The quantitative estimate of drug-likeness (QED) is 0.555. The van der Waals surface area contributed by atoms with E-state index in [1.54, 1.807) is 0 Å². The molecule has 1 aliphatic carbocycles. The first-order valence-electron chi connectivity index (χ1n) is 5.66. The first kappa shape index (κ1) is 7.84. The van der Waals surface area contributed by atoms with Crippen LogP contribution < -0.4 is 0 Å². The molecule has 2 aliphatic heterocycles. The molecule has 72 valence electrons. The summed E-state index contributed by atoms with van der Waals surface area (Å²) < 4.78 is 0. The van der Waals surface area contributed by atoms with E-state index in [1.165, 1.54) is 32.1 Å². The van der Waals surface area contributed by atoms with Gasteiger partial charge in [0.15, 0.2) is 0 Å². The summed E-state index contributed by atoms with van der Waals surface area (Å²) in [6, 6.07) is 0.662. The topological polar surface area (TPSA) is 20.3 Å². The van der Waals surface area contributed by atoms with Gasteiger partial charge in [0.2, 0.25) is 5.91 Å². The highest BCUT2D eigenvalue weighted by Crippen LogP contribution is 2.44. The monoisotopic (exact) mass is 179 g/mol. The lowest BCUT2D eigenvalue weighted by Gasteiger charge is -2.42. The molecule has 2 nitrogen and oxygen atoms in total. The Morgan fingerprint density at radius 1 is 1.08 bits per heavy atom. The summed E-state index contributed by atoms with van der Waals surface area (Å²) >= 11 is 0. The third-order valence-electron chi connectivity index (χ3n) is 4.27. The van der Waals surface area contributed by atoms with Crippen LogP contribution in [0, 0.1) is 11.8 Å². The van der Waals surface area contributed by atoms with E-state index in [0.717, 1.165) is 24.8 Å². The summed E-state index contributed by atoms with van der Waals surface area (Å²) in [5.41, 5.74) is 0. The molecule has 0 radical (unpaired) electrons. The summed E-state index contributed by atoms with van der Waals surface area (Å²) in [4.78, 5) is 13.8. The molecule has 0 aromatic carbocycles. The molecular weight excluding hydrogens is 162 g/mol. The van der Waals surface area contributed by atoms with Crippen molar-refractivity contribution in [1.29, 1.82) is 0 Å². The molecule has 3 rings (SSSR count). The molecule has 0 aromatic heterocycles. The van der Waals surface area contributed by atoms with Gasteiger partial charge < -0.3 is 4.90 Å². The molecule has 0 spiro atoms. The van der Waals surface area contributed by atoms with Gasteiger partial charge in [0.1, 0.15) is 0 Å². The number of carbonyl (C=O) groups is 1. The zero-order chi connectivity index (χ0) is 8.84. The fourth-order valence-corrected chi connectivity index (χ4v) is 3.71. The maximum atomic E-state index is 11.6. The van der Waals surface area contributed by atoms with Gasteiger partial charge in [-0.3, -0.25) is 4.79 Å². The van der Waals surface area contributed by atoms with Gasteiger partial charge in [-0.1, -0.05) is 6.42 Å². The van der Waals surface area contributed by atoms with Gasteiger partial charge in [-0.25, -0.2) is 0 Å².